The quantitative estimate of drug-likeness (QED) is 0.563. The van der Waals surface area contributed by atoms with Crippen molar-refractivity contribution in [3.63, 3.8) is 0 Å². The van der Waals surface area contributed by atoms with Crippen LogP contribution in [0.3, 0.4) is 0 Å². The molecule has 1 amide bonds. The molecule has 0 spiro atoms. The van der Waals surface area contributed by atoms with Gasteiger partial charge in [0.25, 0.3) is 5.91 Å². The fraction of sp³-hybridized carbons (Fsp3) is 0.300. The molecule has 1 heterocycles. The van der Waals surface area contributed by atoms with E-state index in [1.807, 2.05) is 0 Å². The molecule has 7 nitrogen and oxygen atoms in total. The van der Waals surface area contributed by atoms with Gasteiger partial charge in [-0.15, -0.1) is 0 Å². The summed E-state index contributed by atoms with van der Waals surface area (Å²) in [6.45, 7) is -0.259. The number of carbonyl (C=O) groups is 2. The molecule has 0 aliphatic heterocycles. The molecule has 7 heteroatoms. The minimum absolute atomic E-state index is 0.224. The average molecular weight is 240 g/mol. The smallest absolute Gasteiger partial charge is 0.336 e. The molecule has 0 bridgehead atoms. The van der Waals surface area contributed by atoms with Crippen LogP contribution >= 0.6 is 0 Å². The Kier molecular flexibility index (Phi) is 4.41. The minimum Gasteiger partial charge on any atom is -0.467 e. The maximum Gasteiger partial charge on any atom is 0.336 e. The molecule has 0 saturated heterocycles. The van der Waals surface area contributed by atoms with Crippen LogP contribution in [-0.2, 0) is 9.53 Å². The van der Waals surface area contributed by atoms with Crippen molar-refractivity contribution in [3.8, 4) is 0 Å². The highest BCUT2D eigenvalue weighted by Gasteiger charge is 2.16. The number of esters is 1. The molecule has 17 heavy (non-hydrogen) atoms. The molecule has 0 aromatic carbocycles. The highest BCUT2D eigenvalue weighted by molar-refractivity contribution is 5.94. The Morgan fingerprint density at radius 1 is 1.53 bits per heavy atom. The van der Waals surface area contributed by atoms with Gasteiger partial charge in [0.15, 0.2) is 6.10 Å². The molecule has 0 radical (unpaired) electrons. The number of aliphatic hydroxyl groups excluding tert-OH is 1. The van der Waals surface area contributed by atoms with Crippen LogP contribution < -0.4 is 10.9 Å². The lowest BCUT2D eigenvalue weighted by Gasteiger charge is -2.09. The van der Waals surface area contributed by atoms with E-state index in [0.717, 1.165) is 7.11 Å². The first-order valence-corrected chi connectivity index (χ1v) is 4.77. The topological polar surface area (TPSA) is 108 Å². The molecule has 92 valence electrons. The lowest BCUT2D eigenvalue weighted by molar-refractivity contribution is -0.149. The summed E-state index contributed by atoms with van der Waals surface area (Å²) in [5, 5.41) is 11.5. The second-order valence-electron chi connectivity index (χ2n) is 3.19. The number of ether oxygens (including phenoxy) is 1. The predicted octanol–water partition coefficient (Wildman–Crippen LogP) is -1.36. The van der Waals surface area contributed by atoms with Gasteiger partial charge in [0.05, 0.1) is 19.2 Å². The van der Waals surface area contributed by atoms with E-state index in [2.05, 4.69) is 15.0 Å². The molecule has 1 unspecified atom stereocenters. The van der Waals surface area contributed by atoms with Gasteiger partial charge in [0.1, 0.15) is 0 Å². The van der Waals surface area contributed by atoms with Gasteiger partial charge in [-0.25, -0.2) is 4.79 Å². The van der Waals surface area contributed by atoms with Gasteiger partial charge in [-0.3, -0.25) is 9.59 Å². The van der Waals surface area contributed by atoms with E-state index < -0.39 is 18.0 Å². The molecule has 0 aliphatic rings. The van der Waals surface area contributed by atoms with Crippen LogP contribution in [0.25, 0.3) is 0 Å². The average Bonchev–Trinajstić information content (AvgIpc) is 2.35. The Bertz CT molecular complexity index is 448. The number of nitrogens with one attached hydrogen (secondary N) is 2. The third kappa shape index (κ3) is 3.72. The van der Waals surface area contributed by atoms with E-state index in [1.54, 1.807) is 0 Å². The van der Waals surface area contributed by atoms with Crippen LogP contribution in [0.1, 0.15) is 10.4 Å². The van der Waals surface area contributed by atoms with Gasteiger partial charge in [0.2, 0.25) is 5.56 Å². The summed E-state index contributed by atoms with van der Waals surface area (Å²) >= 11 is 0. The van der Waals surface area contributed by atoms with Crippen molar-refractivity contribution in [3.05, 3.63) is 34.2 Å². The van der Waals surface area contributed by atoms with Crippen LogP contribution in [0.4, 0.5) is 0 Å². The molecule has 0 fully saturated rings. The number of aliphatic hydroxyl groups is 1. The van der Waals surface area contributed by atoms with Crippen molar-refractivity contribution in [2.24, 2.45) is 0 Å². The van der Waals surface area contributed by atoms with Crippen LogP contribution in [0.2, 0.25) is 0 Å². The van der Waals surface area contributed by atoms with E-state index >= 15 is 0 Å². The highest BCUT2D eigenvalue weighted by atomic mass is 16.5. The molecular formula is C10H12N2O5. The Morgan fingerprint density at radius 2 is 2.24 bits per heavy atom. The molecule has 0 saturated carbocycles. The number of H-pyrrole nitrogens is 1. The molecule has 3 N–H and O–H groups in total. The summed E-state index contributed by atoms with van der Waals surface area (Å²) in [6, 6.07) is 2.53. The van der Waals surface area contributed by atoms with E-state index in [0.29, 0.717) is 0 Å². The van der Waals surface area contributed by atoms with Crippen LogP contribution in [-0.4, -0.2) is 41.7 Å². The number of pyridine rings is 1. The minimum atomic E-state index is -1.41. The summed E-state index contributed by atoms with van der Waals surface area (Å²) in [5.74, 6) is -1.34. The zero-order chi connectivity index (χ0) is 12.8. The van der Waals surface area contributed by atoms with Crippen molar-refractivity contribution < 1.29 is 19.4 Å². The van der Waals surface area contributed by atoms with Crippen molar-refractivity contribution >= 4 is 11.9 Å². The van der Waals surface area contributed by atoms with Crippen molar-refractivity contribution in [2.75, 3.05) is 13.7 Å². The largest absolute Gasteiger partial charge is 0.467 e. The van der Waals surface area contributed by atoms with Gasteiger partial charge in [0, 0.05) is 12.3 Å². The van der Waals surface area contributed by atoms with Gasteiger partial charge in [-0.1, -0.05) is 0 Å². The second-order valence-corrected chi connectivity index (χ2v) is 3.19. The van der Waals surface area contributed by atoms with Crippen molar-refractivity contribution in [1.29, 1.82) is 0 Å². The van der Waals surface area contributed by atoms with Crippen molar-refractivity contribution in [2.45, 2.75) is 6.10 Å². The lowest BCUT2D eigenvalue weighted by Crippen LogP contribution is -2.37. The van der Waals surface area contributed by atoms with E-state index in [1.165, 1.54) is 18.3 Å². The van der Waals surface area contributed by atoms with Gasteiger partial charge in [-0.2, -0.15) is 0 Å². The summed E-state index contributed by atoms with van der Waals surface area (Å²) in [7, 11) is 1.13. The van der Waals surface area contributed by atoms with Crippen LogP contribution in [0.5, 0.6) is 0 Å². The number of aromatic nitrogens is 1. The molecule has 1 rings (SSSR count). The number of methoxy groups -OCH3 is 1. The predicted molar refractivity (Wildman–Crippen MR) is 57.4 cm³/mol. The summed E-state index contributed by atoms with van der Waals surface area (Å²) in [6.07, 6.45) is -0.172. The van der Waals surface area contributed by atoms with E-state index in [4.69, 9.17) is 0 Å². The summed E-state index contributed by atoms with van der Waals surface area (Å²) in [4.78, 5) is 35.4. The fourth-order valence-electron chi connectivity index (χ4n) is 1.06. The molecule has 1 atom stereocenters. The second kappa shape index (κ2) is 5.80. The van der Waals surface area contributed by atoms with E-state index in [9.17, 15) is 19.5 Å². The standard InChI is InChI=1S/C10H12N2O5/c1-17-10(16)7(13)5-12-9(15)6-2-3-8(14)11-4-6/h2-4,7,13H,5H2,1H3,(H,11,14)(H,12,15). The number of aromatic amines is 1. The fourth-order valence-corrected chi connectivity index (χ4v) is 1.06. The number of rotatable bonds is 4. The molecule has 0 aliphatic carbocycles. The number of hydrogen-bond acceptors (Lipinski definition) is 5. The van der Waals surface area contributed by atoms with E-state index in [-0.39, 0.29) is 17.7 Å². The maximum atomic E-state index is 11.5. The molecule has 1 aromatic rings. The zero-order valence-corrected chi connectivity index (χ0v) is 9.10. The summed E-state index contributed by atoms with van der Waals surface area (Å²) in [5.41, 5.74) is -0.0992. The first-order valence-electron chi connectivity index (χ1n) is 4.77. The Morgan fingerprint density at radius 3 is 2.76 bits per heavy atom. The molecule has 1 aromatic heterocycles. The van der Waals surface area contributed by atoms with Gasteiger partial charge in [-0.05, 0) is 6.07 Å². The third-order valence-corrected chi connectivity index (χ3v) is 1.98. The SMILES string of the molecule is COC(=O)C(O)CNC(=O)c1ccc(=O)[nH]c1. The maximum absolute atomic E-state index is 11.5. The summed E-state index contributed by atoms with van der Waals surface area (Å²) < 4.78 is 4.28. The van der Waals surface area contributed by atoms with Gasteiger partial charge >= 0.3 is 5.97 Å². The van der Waals surface area contributed by atoms with Crippen LogP contribution in [0, 0.1) is 0 Å². The zero-order valence-electron chi connectivity index (χ0n) is 9.10. The first-order chi connectivity index (χ1) is 8.04. The Balaban J connectivity index is 2.53. The third-order valence-electron chi connectivity index (χ3n) is 1.98. The first kappa shape index (κ1) is 12.9. The van der Waals surface area contributed by atoms with Crippen LogP contribution in [0.15, 0.2) is 23.1 Å². The van der Waals surface area contributed by atoms with Crippen molar-refractivity contribution in [1.82, 2.24) is 10.3 Å². The Labute approximate surface area is 96.4 Å². The Hall–Kier alpha value is -2.15. The lowest BCUT2D eigenvalue weighted by atomic mass is 10.2. The monoisotopic (exact) mass is 240 g/mol. The number of carbonyl (C=O) groups excluding carboxylic acids is 2. The van der Waals surface area contributed by atoms with Gasteiger partial charge < -0.3 is 20.1 Å². The normalized spacial score (nSPS) is 11.6. The number of hydrogen-bond donors (Lipinski definition) is 3. The molecular weight excluding hydrogens is 228 g/mol. The highest BCUT2D eigenvalue weighted by Crippen LogP contribution is 1.93. The number of amides is 1.